The van der Waals surface area contributed by atoms with E-state index in [1.165, 1.54) is 4.88 Å². The molecule has 2 aromatic rings. The number of para-hydroxylation sites is 1. The molecule has 0 aliphatic rings. The quantitative estimate of drug-likeness (QED) is 0.784. The van der Waals surface area contributed by atoms with Gasteiger partial charge in [-0.05, 0) is 26.0 Å². The average molecular weight is 261 g/mol. The van der Waals surface area contributed by atoms with Gasteiger partial charge < -0.3 is 10.6 Å². The van der Waals surface area contributed by atoms with Crippen LogP contribution in [0.4, 0.5) is 5.69 Å². The SMILES string of the molecule is Cc1cnc(C(C)NCCNc2ccccc2)s1. The summed E-state index contributed by atoms with van der Waals surface area (Å²) in [5.74, 6) is 0. The van der Waals surface area contributed by atoms with Crippen LogP contribution in [0.5, 0.6) is 0 Å². The normalized spacial score (nSPS) is 12.3. The molecule has 0 saturated carbocycles. The van der Waals surface area contributed by atoms with Crippen molar-refractivity contribution in [2.45, 2.75) is 19.9 Å². The summed E-state index contributed by atoms with van der Waals surface area (Å²) in [5, 5.41) is 8.00. The molecule has 0 aliphatic carbocycles. The van der Waals surface area contributed by atoms with Crippen LogP contribution in [-0.2, 0) is 0 Å². The molecule has 1 aromatic carbocycles. The first-order chi connectivity index (χ1) is 8.75. The molecule has 0 fully saturated rings. The van der Waals surface area contributed by atoms with Crippen molar-refractivity contribution < 1.29 is 0 Å². The lowest BCUT2D eigenvalue weighted by molar-refractivity contribution is 0.585. The van der Waals surface area contributed by atoms with Gasteiger partial charge >= 0.3 is 0 Å². The topological polar surface area (TPSA) is 37.0 Å². The minimum Gasteiger partial charge on any atom is -0.384 e. The predicted octanol–water partition coefficient (Wildman–Crippen LogP) is 3.21. The molecule has 3 nitrogen and oxygen atoms in total. The number of hydrogen-bond acceptors (Lipinski definition) is 4. The zero-order valence-corrected chi connectivity index (χ0v) is 11.6. The van der Waals surface area contributed by atoms with Gasteiger partial charge in [0.1, 0.15) is 5.01 Å². The minimum atomic E-state index is 0.321. The maximum absolute atomic E-state index is 4.39. The number of aromatic nitrogens is 1. The number of anilines is 1. The highest BCUT2D eigenvalue weighted by molar-refractivity contribution is 7.11. The first-order valence-electron chi connectivity index (χ1n) is 6.20. The molecule has 1 heterocycles. The summed E-state index contributed by atoms with van der Waals surface area (Å²) in [6.45, 7) is 6.08. The number of thiazole rings is 1. The second-order valence-corrected chi connectivity index (χ2v) is 5.54. The highest BCUT2D eigenvalue weighted by Gasteiger charge is 2.07. The van der Waals surface area contributed by atoms with E-state index in [0.717, 1.165) is 23.8 Å². The van der Waals surface area contributed by atoms with Gasteiger partial charge in [-0.1, -0.05) is 18.2 Å². The summed E-state index contributed by atoms with van der Waals surface area (Å²) >= 11 is 1.76. The number of nitrogens with one attached hydrogen (secondary N) is 2. The summed E-state index contributed by atoms with van der Waals surface area (Å²) in [6, 6.07) is 10.6. The Hall–Kier alpha value is -1.39. The smallest absolute Gasteiger partial charge is 0.109 e. The van der Waals surface area contributed by atoms with Crippen molar-refractivity contribution >= 4 is 17.0 Å². The summed E-state index contributed by atoms with van der Waals surface area (Å²) < 4.78 is 0. The van der Waals surface area contributed by atoms with Crippen LogP contribution < -0.4 is 10.6 Å². The van der Waals surface area contributed by atoms with Gasteiger partial charge in [0.05, 0.1) is 6.04 Å². The Morgan fingerprint density at radius 1 is 1.22 bits per heavy atom. The van der Waals surface area contributed by atoms with Crippen LogP contribution in [0.2, 0.25) is 0 Å². The monoisotopic (exact) mass is 261 g/mol. The number of aryl methyl sites for hydroxylation is 1. The first kappa shape index (κ1) is 13.1. The maximum Gasteiger partial charge on any atom is 0.109 e. The second-order valence-electron chi connectivity index (χ2n) is 4.28. The lowest BCUT2D eigenvalue weighted by Crippen LogP contribution is -2.25. The fourth-order valence-electron chi connectivity index (χ4n) is 1.71. The van der Waals surface area contributed by atoms with Crippen molar-refractivity contribution in [2.24, 2.45) is 0 Å². The third-order valence-corrected chi connectivity index (χ3v) is 3.78. The molecule has 0 saturated heterocycles. The molecule has 0 bridgehead atoms. The Bertz CT molecular complexity index is 467. The fraction of sp³-hybridized carbons (Fsp3) is 0.357. The van der Waals surface area contributed by atoms with Gasteiger partial charge in [-0.25, -0.2) is 4.98 Å². The van der Waals surface area contributed by atoms with E-state index in [2.05, 4.69) is 41.6 Å². The zero-order valence-electron chi connectivity index (χ0n) is 10.8. The van der Waals surface area contributed by atoms with Crippen molar-refractivity contribution in [3.8, 4) is 0 Å². The maximum atomic E-state index is 4.39. The molecular weight excluding hydrogens is 242 g/mol. The summed E-state index contributed by atoms with van der Waals surface area (Å²) in [4.78, 5) is 5.65. The van der Waals surface area contributed by atoms with E-state index in [1.54, 1.807) is 11.3 Å². The van der Waals surface area contributed by atoms with Crippen molar-refractivity contribution in [1.29, 1.82) is 0 Å². The molecule has 18 heavy (non-hydrogen) atoms. The van der Waals surface area contributed by atoms with E-state index < -0.39 is 0 Å². The van der Waals surface area contributed by atoms with Crippen molar-refractivity contribution in [1.82, 2.24) is 10.3 Å². The Kier molecular flexibility index (Phi) is 4.73. The Morgan fingerprint density at radius 3 is 2.67 bits per heavy atom. The number of hydrogen-bond donors (Lipinski definition) is 2. The van der Waals surface area contributed by atoms with E-state index in [4.69, 9.17) is 0 Å². The van der Waals surface area contributed by atoms with Gasteiger partial charge in [-0.15, -0.1) is 11.3 Å². The summed E-state index contributed by atoms with van der Waals surface area (Å²) in [7, 11) is 0. The van der Waals surface area contributed by atoms with Crippen LogP contribution >= 0.6 is 11.3 Å². The van der Waals surface area contributed by atoms with Crippen LogP contribution in [0.25, 0.3) is 0 Å². The van der Waals surface area contributed by atoms with Gasteiger partial charge in [-0.3, -0.25) is 0 Å². The number of nitrogens with zero attached hydrogens (tertiary/aromatic N) is 1. The van der Waals surface area contributed by atoms with E-state index in [1.807, 2.05) is 24.4 Å². The Balaban J connectivity index is 1.69. The van der Waals surface area contributed by atoms with Crippen LogP contribution in [0.1, 0.15) is 22.9 Å². The molecule has 4 heteroatoms. The van der Waals surface area contributed by atoms with E-state index in [0.29, 0.717) is 6.04 Å². The van der Waals surface area contributed by atoms with Crippen molar-refractivity contribution in [3.63, 3.8) is 0 Å². The van der Waals surface area contributed by atoms with Gasteiger partial charge in [0.2, 0.25) is 0 Å². The molecule has 0 amide bonds. The largest absolute Gasteiger partial charge is 0.384 e. The van der Waals surface area contributed by atoms with Gasteiger partial charge in [0.25, 0.3) is 0 Å². The minimum absolute atomic E-state index is 0.321. The molecule has 0 radical (unpaired) electrons. The Labute approximate surface area is 112 Å². The molecule has 2 rings (SSSR count). The zero-order chi connectivity index (χ0) is 12.8. The molecule has 1 atom stereocenters. The number of rotatable bonds is 6. The summed E-state index contributed by atoms with van der Waals surface area (Å²) in [6.07, 6.45) is 1.93. The van der Waals surface area contributed by atoms with Crippen LogP contribution in [0.15, 0.2) is 36.5 Å². The van der Waals surface area contributed by atoms with Crippen molar-refractivity contribution in [2.75, 3.05) is 18.4 Å². The molecular formula is C14H19N3S. The van der Waals surface area contributed by atoms with E-state index in [9.17, 15) is 0 Å². The molecule has 2 N–H and O–H groups in total. The third kappa shape index (κ3) is 3.82. The van der Waals surface area contributed by atoms with Gasteiger partial charge in [0, 0.05) is 29.9 Å². The van der Waals surface area contributed by atoms with E-state index >= 15 is 0 Å². The lowest BCUT2D eigenvalue weighted by atomic mass is 10.3. The van der Waals surface area contributed by atoms with Crippen LogP contribution in [0, 0.1) is 6.92 Å². The predicted molar refractivity (Wildman–Crippen MR) is 78.2 cm³/mol. The second kappa shape index (κ2) is 6.52. The fourth-order valence-corrected chi connectivity index (χ4v) is 2.51. The third-order valence-electron chi connectivity index (χ3n) is 2.69. The van der Waals surface area contributed by atoms with E-state index in [-0.39, 0.29) is 0 Å². The highest BCUT2D eigenvalue weighted by atomic mass is 32.1. The Morgan fingerprint density at radius 2 is 2.00 bits per heavy atom. The first-order valence-corrected chi connectivity index (χ1v) is 7.02. The standard InChI is InChI=1S/C14H19N3S/c1-11-10-17-14(18-11)12(2)15-8-9-16-13-6-4-3-5-7-13/h3-7,10,12,15-16H,8-9H2,1-2H3. The van der Waals surface area contributed by atoms with Gasteiger partial charge in [-0.2, -0.15) is 0 Å². The van der Waals surface area contributed by atoms with Crippen molar-refractivity contribution in [3.05, 3.63) is 46.4 Å². The average Bonchev–Trinajstić information content (AvgIpc) is 2.82. The summed E-state index contributed by atoms with van der Waals surface area (Å²) in [5.41, 5.74) is 1.16. The number of benzene rings is 1. The molecule has 1 aromatic heterocycles. The lowest BCUT2D eigenvalue weighted by Gasteiger charge is -2.12. The molecule has 0 aliphatic heterocycles. The molecule has 0 spiro atoms. The molecule has 1 unspecified atom stereocenters. The van der Waals surface area contributed by atoms with Crippen LogP contribution in [0.3, 0.4) is 0 Å². The molecule has 96 valence electrons. The van der Waals surface area contributed by atoms with Gasteiger partial charge in [0.15, 0.2) is 0 Å². The van der Waals surface area contributed by atoms with Crippen LogP contribution in [-0.4, -0.2) is 18.1 Å². The highest BCUT2D eigenvalue weighted by Crippen LogP contribution is 2.18.